The predicted molar refractivity (Wildman–Crippen MR) is 104 cm³/mol. The van der Waals surface area contributed by atoms with Gasteiger partial charge in [0, 0.05) is 32.6 Å². The number of hydrogen-bond donors (Lipinski definition) is 1. The Hall–Kier alpha value is -3.02. The minimum Gasteiger partial charge on any atom is -0.497 e. The molecule has 0 atom stereocenters. The molecule has 0 bridgehead atoms. The van der Waals surface area contributed by atoms with E-state index in [0.717, 1.165) is 17.1 Å². The maximum Gasteiger partial charge on any atom is 0.253 e. The van der Waals surface area contributed by atoms with Crippen LogP contribution in [0, 0.1) is 0 Å². The summed E-state index contributed by atoms with van der Waals surface area (Å²) in [6.07, 6.45) is 1.03. The van der Waals surface area contributed by atoms with Crippen LogP contribution in [0.5, 0.6) is 11.5 Å². The third-order valence-corrected chi connectivity index (χ3v) is 3.97. The number of carbonyl (C=O) groups excluding carboxylic acids is 2. The molecule has 2 aromatic carbocycles. The predicted octanol–water partition coefficient (Wildman–Crippen LogP) is 2.87. The lowest BCUT2D eigenvalue weighted by molar-refractivity contribution is -0.121. The van der Waals surface area contributed by atoms with Crippen molar-refractivity contribution in [2.45, 2.75) is 19.4 Å². The molecule has 0 aliphatic carbocycles. The van der Waals surface area contributed by atoms with Gasteiger partial charge >= 0.3 is 0 Å². The van der Waals surface area contributed by atoms with Crippen LogP contribution in [0.25, 0.3) is 0 Å². The van der Waals surface area contributed by atoms with E-state index in [1.54, 1.807) is 33.3 Å². The number of benzene rings is 2. The fraction of sp³-hybridized carbons (Fsp3) is 0.333. The van der Waals surface area contributed by atoms with Crippen LogP contribution in [-0.2, 0) is 11.3 Å². The molecule has 2 aromatic rings. The van der Waals surface area contributed by atoms with Gasteiger partial charge in [0.25, 0.3) is 5.91 Å². The molecule has 0 aliphatic rings. The quantitative estimate of drug-likeness (QED) is 0.689. The summed E-state index contributed by atoms with van der Waals surface area (Å²) in [6, 6.07) is 14.6. The van der Waals surface area contributed by atoms with Gasteiger partial charge in [-0.25, -0.2) is 0 Å². The number of hydrogen-bond acceptors (Lipinski definition) is 4. The first-order valence-corrected chi connectivity index (χ1v) is 8.83. The summed E-state index contributed by atoms with van der Waals surface area (Å²) in [4.78, 5) is 25.3. The van der Waals surface area contributed by atoms with Gasteiger partial charge in [-0.2, -0.15) is 0 Å². The van der Waals surface area contributed by atoms with Crippen molar-refractivity contribution in [3.05, 3.63) is 59.7 Å². The van der Waals surface area contributed by atoms with Crippen LogP contribution in [0.2, 0.25) is 0 Å². The zero-order chi connectivity index (χ0) is 19.6. The molecule has 2 rings (SSSR count). The summed E-state index contributed by atoms with van der Waals surface area (Å²) in [5.41, 5.74) is 1.58. The van der Waals surface area contributed by atoms with Crippen molar-refractivity contribution in [1.29, 1.82) is 0 Å². The average molecular weight is 370 g/mol. The second-order valence-electron chi connectivity index (χ2n) is 6.30. The number of nitrogens with one attached hydrogen (secondary N) is 1. The molecular weight excluding hydrogens is 344 g/mol. The Morgan fingerprint density at radius 1 is 0.963 bits per heavy atom. The number of ether oxygens (including phenoxy) is 2. The first-order valence-electron chi connectivity index (χ1n) is 8.83. The molecule has 0 spiro atoms. The van der Waals surface area contributed by atoms with E-state index in [2.05, 4.69) is 5.32 Å². The maximum atomic E-state index is 11.9. The van der Waals surface area contributed by atoms with Crippen LogP contribution < -0.4 is 14.8 Å². The van der Waals surface area contributed by atoms with Gasteiger partial charge in [0.2, 0.25) is 5.91 Å². The molecule has 0 saturated carbocycles. The topological polar surface area (TPSA) is 67.9 Å². The van der Waals surface area contributed by atoms with E-state index in [9.17, 15) is 9.59 Å². The number of carbonyl (C=O) groups is 2. The fourth-order valence-electron chi connectivity index (χ4n) is 2.41. The van der Waals surface area contributed by atoms with E-state index in [1.807, 2.05) is 36.4 Å². The van der Waals surface area contributed by atoms with E-state index in [4.69, 9.17) is 9.47 Å². The summed E-state index contributed by atoms with van der Waals surface area (Å²) in [5, 5.41) is 2.88. The molecule has 0 saturated heterocycles. The van der Waals surface area contributed by atoms with Crippen molar-refractivity contribution in [2.24, 2.45) is 0 Å². The van der Waals surface area contributed by atoms with Gasteiger partial charge in [-0.3, -0.25) is 9.59 Å². The van der Waals surface area contributed by atoms with Gasteiger partial charge in [0.15, 0.2) is 0 Å². The first kappa shape index (κ1) is 20.3. The van der Waals surface area contributed by atoms with E-state index >= 15 is 0 Å². The minimum atomic E-state index is -0.0394. The smallest absolute Gasteiger partial charge is 0.253 e. The van der Waals surface area contributed by atoms with Gasteiger partial charge in [-0.15, -0.1) is 0 Å². The standard InChI is InChI=1S/C21H26N2O4/c1-23(2)21(25)17-8-6-16(7-9-17)15-22-20(24)5-4-14-27-19-12-10-18(26-3)11-13-19/h6-13H,4-5,14-15H2,1-3H3,(H,22,24). The number of amides is 2. The van der Waals surface area contributed by atoms with Crippen LogP contribution in [0.1, 0.15) is 28.8 Å². The molecule has 0 fully saturated rings. The van der Waals surface area contributed by atoms with Crippen LogP contribution in [-0.4, -0.2) is 44.5 Å². The Bertz CT molecular complexity index is 740. The van der Waals surface area contributed by atoms with Crippen LogP contribution >= 0.6 is 0 Å². The highest BCUT2D eigenvalue weighted by Crippen LogP contribution is 2.17. The minimum absolute atomic E-state index is 0.0261. The van der Waals surface area contributed by atoms with Crippen LogP contribution in [0.15, 0.2) is 48.5 Å². The molecule has 0 aliphatic heterocycles. The van der Waals surface area contributed by atoms with E-state index in [-0.39, 0.29) is 11.8 Å². The monoisotopic (exact) mass is 370 g/mol. The molecule has 0 heterocycles. The molecular formula is C21H26N2O4. The first-order chi connectivity index (χ1) is 13.0. The van der Waals surface area contributed by atoms with E-state index in [0.29, 0.717) is 31.6 Å². The van der Waals surface area contributed by atoms with Crippen LogP contribution in [0.3, 0.4) is 0 Å². The van der Waals surface area contributed by atoms with Crippen molar-refractivity contribution in [2.75, 3.05) is 27.8 Å². The fourth-order valence-corrected chi connectivity index (χ4v) is 2.41. The summed E-state index contributed by atoms with van der Waals surface area (Å²) >= 11 is 0. The molecule has 1 N–H and O–H groups in total. The third kappa shape index (κ3) is 6.66. The largest absolute Gasteiger partial charge is 0.497 e. The SMILES string of the molecule is COc1ccc(OCCCC(=O)NCc2ccc(C(=O)N(C)C)cc2)cc1. The Morgan fingerprint density at radius 3 is 2.19 bits per heavy atom. The lowest BCUT2D eigenvalue weighted by atomic mass is 10.1. The molecule has 2 amide bonds. The van der Waals surface area contributed by atoms with Crippen molar-refractivity contribution < 1.29 is 19.1 Å². The molecule has 144 valence electrons. The average Bonchev–Trinajstić information content (AvgIpc) is 2.70. The molecule has 0 aromatic heterocycles. The zero-order valence-corrected chi connectivity index (χ0v) is 16.0. The van der Waals surface area contributed by atoms with Gasteiger partial charge in [0.05, 0.1) is 13.7 Å². The lowest BCUT2D eigenvalue weighted by Crippen LogP contribution is -2.23. The molecule has 0 radical (unpaired) electrons. The summed E-state index contributed by atoms with van der Waals surface area (Å²) < 4.78 is 10.7. The Morgan fingerprint density at radius 2 is 1.59 bits per heavy atom. The highest BCUT2D eigenvalue weighted by Gasteiger charge is 2.07. The Balaban J connectivity index is 1.66. The Labute approximate surface area is 160 Å². The van der Waals surface area contributed by atoms with E-state index in [1.165, 1.54) is 4.90 Å². The second kappa shape index (κ2) is 10.2. The number of rotatable bonds is 9. The third-order valence-electron chi connectivity index (χ3n) is 3.97. The summed E-state index contributed by atoms with van der Waals surface area (Å²) in [6.45, 7) is 0.912. The van der Waals surface area contributed by atoms with Crippen molar-refractivity contribution in [1.82, 2.24) is 10.2 Å². The molecule has 6 heteroatoms. The van der Waals surface area contributed by atoms with Crippen LogP contribution in [0.4, 0.5) is 0 Å². The highest BCUT2D eigenvalue weighted by molar-refractivity contribution is 5.93. The highest BCUT2D eigenvalue weighted by atomic mass is 16.5. The normalized spacial score (nSPS) is 10.2. The summed E-state index contributed by atoms with van der Waals surface area (Å²) in [7, 11) is 5.05. The van der Waals surface area contributed by atoms with Crippen molar-refractivity contribution in [3.63, 3.8) is 0 Å². The molecule has 6 nitrogen and oxygen atoms in total. The molecule has 27 heavy (non-hydrogen) atoms. The molecule has 0 unspecified atom stereocenters. The lowest BCUT2D eigenvalue weighted by Gasteiger charge is -2.11. The van der Waals surface area contributed by atoms with Gasteiger partial charge < -0.3 is 19.7 Å². The second-order valence-corrected chi connectivity index (χ2v) is 6.30. The maximum absolute atomic E-state index is 11.9. The van der Waals surface area contributed by atoms with Gasteiger partial charge in [-0.1, -0.05) is 12.1 Å². The van der Waals surface area contributed by atoms with Gasteiger partial charge in [-0.05, 0) is 48.4 Å². The number of methoxy groups -OCH3 is 1. The Kier molecular flexibility index (Phi) is 7.67. The van der Waals surface area contributed by atoms with E-state index < -0.39 is 0 Å². The van der Waals surface area contributed by atoms with Gasteiger partial charge in [0.1, 0.15) is 11.5 Å². The number of nitrogens with zero attached hydrogens (tertiary/aromatic N) is 1. The summed E-state index contributed by atoms with van der Waals surface area (Å²) in [5.74, 6) is 1.47. The van der Waals surface area contributed by atoms with Crippen molar-refractivity contribution >= 4 is 11.8 Å². The zero-order valence-electron chi connectivity index (χ0n) is 16.0. The van der Waals surface area contributed by atoms with Crippen molar-refractivity contribution in [3.8, 4) is 11.5 Å².